The van der Waals surface area contributed by atoms with Gasteiger partial charge in [-0.05, 0) is 69.6 Å². The fraction of sp³-hybridized carbons (Fsp3) is 0.381. The molecule has 0 aliphatic heterocycles. The zero-order valence-electron chi connectivity index (χ0n) is 15.7. The van der Waals surface area contributed by atoms with Gasteiger partial charge in [0.1, 0.15) is 5.75 Å². The molecule has 25 heavy (non-hydrogen) atoms. The summed E-state index contributed by atoms with van der Waals surface area (Å²) in [4.78, 5) is 0. The van der Waals surface area contributed by atoms with Crippen LogP contribution >= 0.6 is 12.2 Å². The Morgan fingerprint density at radius 1 is 1.12 bits per heavy atom. The van der Waals surface area contributed by atoms with Gasteiger partial charge in [-0.3, -0.25) is 0 Å². The lowest BCUT2D eigenvalue weighted by molar-refractivity contribution is 0.242. The van der Waals surface area contributed by atoms with E-state index in [-0.39, 0.29) is 12.1 Å². The van der Waals surface area contributed by atoms with Gasteiger partial charge in [0.15, 0.2) is 5.11 Å². The van der Waals surface area contributed by atoms with Crippen molar-refractivity contribution < 1.29 is 4.74 Å². The van der Waals surface area contributed by atoms with Gasteiger partial charge in [0.05, 0.1) is 12.1 Å². The molecule has 0 heterocycles. The summed E-state index contributed by atoms with van der Waals surface area (Å²) in [6.45, 7) is 10.5. The van der Waals surface area contributed by atoms with Gasteiger partial charge in [-0.15, -0.1) is 0 Å². The number of ether oxygens (including phenoxy) is 1. The van der Waals surface area contributed by atoms with Crippen molar-refractivity contribution in [1.82, 2.24) is 5.32 Å². The summed E-state index contributed by atoms with van der Waals surface area (Å²) in [6, 6.07) is 14.6. The summed E-state index contributed by atoms with van der Waals surface area (Å²) in [5, 5.41) is 7.31. The van der Waals surface area contributed by atoms with Crippen LogP contribution in [0.25, 0.3) is 0 Å². The number of nitrogens with one attached hydrogen (secondary N) is 2. The second-order valence-electron chi connectivity index (χ2n) is 6.61. The van der Waals surface area contributed by atoms with E-state index in [1.165, 1.54) is 16.7 Å². The molecule has 2 aromatic rings. The number of rotatable bonds is 6. The average molecular weight is 357 g/mol. The topological polar surface area (TPSA) is 33.3 Å². The smallest absolute Gasteiger partial charge is 0.171 e. The number of hydrogen-bond acceptors (Lipinski definition) is 2. The van der Waals surface area contributed by atoms with Crippen LogP contribution in [-0.4, -0.2) is 11.2 Å². The van der Waals surface area contributed by atoms with Gasteiger partial charge in [0.2, 0.25) is 0 Å². The van der Waals surface area contributed by atoms with Crippen LogP contribution in [0.1, 0.15) is 49.9 Å². The lowest BCUT2D eigenvalue weighted by Gasteiger charge is -2.22. The zero-order chi connectivity index (χ0) is 18.4. The first kappa shape index (κ1) is 19.3. The normalized spacial score (nSPS) is 11.9. The SMILES string of the molecule is CCC(NC(=S)Nc1cccc(OC(C)C)c1)c1ccc(C)cc1C. The molecule has 0 fully saturated rings. The van der Waals surface area contributed by atoms with E-state index in [1.807, 2.05) is 38.1 Å². The highest BCUT2D eigenvalue weighted by atomic mass is 32.1. The van der Waals surface area contributed by atoms with Crippen molar-refractivity contribution >= 4 is 23.0 Å². The first-order chi connectivity index (χ1) is 11.9. The van der Waals surface area contributed by atoms with Crippen LogP contribution in [0.5, 0.6) is 5.75 Å². The van der Waals surface area contributed by atoms with Gasteiger partial charge in [-0.25, -0.2) is 0 Å². The third kappa shape index (κ3) is 5.75. The first-order valence-corrected chi connectivity index (χ1v) is 9.21. The van der Waals surface area contributed by atoms with Crippen LogP contribution in [0, 0.1) is 13.8 Å². The minimum Gasteiger partial charge on any atom is -0.491 e. The van der Waals surface area contributed by atoms with Gasteiger partial charge in [-0.1, -0.05) is 36.8 Å². The van der Waals surface area contributed by atoms with Crippen LogP contribution in [0.4, 0.5) is 5.69 Å². The highest BCUT2D eigenvalue weighted by molar-refractivity contribution is 7.80. The van der Waals surface area contributed by atoms with Crippen molar-refractivity contribution in [3.8, 4) is 5.75 Å². The quantitative estimate of drug-likeness (QED) is 0.667. The van der Waals surface area contributed by atoms with E-state index >= 15 is 0 Å². The lowest BCUT2D eigenvalue weighted by Crippen LogP contribution is -2.32. The fourth-order valence-corrected chi connectivity index (χ4v) is 3.12. The molecule has 0 aromatic heterocycles. The summed E-state index contributed by atoms with van der Waals surface area (Å²) >= 11 is 5.52. The molecule has 0 saturated heterocycles. The van der Waals surface area contributed by atoms with Crippen molar-refractivity contribution in [2.45, 2.75) is 53.2 Å². The van der Waals surface area contributed by atoms with Crippen molar-refractivity contribution in [2.75, 3.05) is 5.32 Å². The summed E-state index contributed by atoms with van der Waals surface area (Å²) in [6.07, 6.45) is 1.11. The third-order valence-corrected chi connectivity index (χ3v) is 4.20. The van der Waals surface area contributed by atoms with Gasteiger partial charge in [0.25, 0.3) is 0 Å². The molecule has 0 radical (unpaired) electrons. The number of benzene rings is 2. The van der Waals surface area contributed by atoms with E-state index in [4.69, 9.17) is 17.0 Å². The molecule has 4 heteroatoms. The van der Waals surface area contributed by atoms with E-state index in [1.54, 1.807) is 0 Å². The van der Waals surface area contributed by atoms with Crippen LogP contribution in [0.15, 0.2) is 42.5 Å². The van der Waals surface area contributed by atoms with Gasteiger partial charge >= 0.3 is 0 Å². The molecule has 2 aromatic carbocycles. The van der Waals surface area contributed by atoms with E-state index < -0.39 is 0 Å². The zero-order valence-corrected chi connectivity index (χ0v) is 16.5. The molecule has 3 nitrogen and oxygen atoms in total. The number of aryl methyl sites for hydroxylation is 2. The molecule has 0 bridgehead atoms. The largest absolute Gasteiger partial charge is 0.491 e. The van der Waals surface area contributed by atoms with Crippen molar-refractivity contribution in [2.24, 2.45) is 0 Å². The molecular weight excluding hydrogens is 328 g/mol. The van der Waals surface area contributed by atoms with E-state index in [2.05, 4.69) is 49.6 Å². The van der Waals surface area contributed by atoms with Crippen LogP contribution in [0.2, 0.25) is 0 Å². The Bertz CT molecular complexity index is 728. The van der Waals surface area contributed by atoms with Gasteiger partial charge in [-0.2, -0.15) is 0 Å². The van der Waals surface area contributed by atoms with Gasteiger partial charge in [0, 0.05) is 11.8 Å². The molecule has 0 spiro atoms. The Morgan fingerprint density at radius 3 is 2.52 bits per heavy atom. The Hall–Kier alpha value is -2.07. The molecule has 0 aliphatic carbocycles. The predicted octanol–water partition coefficient (Wildman–Crippen LogP) is 5.53. The van der Waals surface area contributed by atoms with E-state index in [0.29, 0.717) is 5.11 Å². The average Bonchev–Trinajstić information content (AvgIpc) is 2.53. The van der Waals surface area contributed by atoms with Crippen molar-refractivity contribution in [3.63, 3.8) is 0 Å². The molecule has 0 aliphatic rings. The van der Waals surface area contributed by atoms with Crippen LogP contribution in [0.3, 0.4) is 0 Å². The Morgan fingerprint density at radius 2 is 1.88 bits per heavy atom. The van der Waals surface area contributed by atoms with E-state index in [0.717, 1.165) is 17.9 Å². The Labute approximate surface area is 156 Å². The highest BCUT2D eigenvalue weighted by Crippen LogP contribution is 2.23. The van der Waals surface area contributed by atoms with Crippen LogP contribution < -0.4 is 15.4 Å². The monoisotopic (exact) mass is 356 g/mol. The summed E-state index contributed by atoms with van der Waals surface area (Å²) in [5.74, 6) is 0.837. The van der Waals surface area contributed by atoms with Crippen LogP contribution in [-0.2, 0) is 0 Å². The summed E-state index contributed by atoms with van der Waals surface area (Å²) in [7, 11) is 0. The molecule has 2 N–H and O–H groups in total. The Kier molecular flexibility index (Phi) is 6.82. The molecule has 2 rings (SSSR count). The molecular formula is C21H28N2OS. The maximum Gasteiger partial charge on any atom is 0.171 e. The minimum absolute atomic E-state index is 0.148. The standard InChI is InChI=1S/C21H28N2OS/c1-6-20(19-11-10-15(4)12-16(19)5)23-21(25)22-17-8-7-9-18(13-17)24-14(2)3/h7-14,20H,6H2,1-5H3,(H2,22,23,25). The Balaban J connectivity index is 2.05. The highest BCUT2D eigenvalue weighted by Gasteiger charge is 2.13. The van der Waals surface area contributed by atoms with E-state index in [9.17, 15) is 0 Å². The molecule has 0 amide bonds. The molecule has 1 unspecified atom stereocenters. The molecule has 134 valence electrons. The molecule has 1 atom stereocenters. The third-order valence-electron chi connectivity index (χ3n) is 3.98. The second-order valence-corrected chi connectivity index (χ2v) is 7.02. The van der Waals surface area contributed by atoms with Crippen molar-refractivity contribution in [1.29, 1.82) is 0 Å². The maximum absolute atomic E-state index is 5.73. The number of hydrogen-bond donors (Lipinski definition) is 2. The minimum atomic E-state index is 0.148. The van der Waals surface area contributed by atoms with Crippen molar-refractivity contribution in [3.05, 3.63) is 59.2 Å². The number of thiocarbonyl (C=S) groups is 1. The summed E-state index contributed by atoms with van der Waals surface area (Å²) in [5.41, 5.74) is 4.77. The predicted molar refractivity (Wildman–Crippen MR) is 111 cm³/mol. The summed E-state index contributed by atoms with van der Waals surface area (Å²) < 4.78 is 5.73. The maximum atomic E-state index is 5.73. The second kappa shape index (κ2) is 8.86. The number of anilines is 1. The molecule has 0 saturated carbocycles. The lowest BCUT2D eigenvalue weighted by atomic mass is 9.98. The first-order valence-electron chi connectivity index (χ1n) is 8.80. The van der Waals surface area contributed by atoms with Gasteiger partial charge < -0.3 is 15.4 Å². The fourth-order valence-electron chi connectivity index (χ4n) is 2.86.